The fourth-order valence-corrected chi connectivity index (χ4v) is 2.67. The predicted molar refractivity (Wildman–Crippen MR) is 85.6 cm³/mol. The fourth-order valence-electron chi connectivity index (χ4n) is 2.32. The van der Waals surface area contributed by atoms with E-state index in [2.05, 4.69) is 5.32 Å². The van der Waals surface area contributed by atoms with Crippen LogP contribution in [-0.2, 0) is 0 Å². The number of thiocarbonyl (C=S) groups is 1. The zero-order valence-electron chi connectivity index (χ0n) is 10.6. The van der Waals surface area contributed by atoms with Crippen molar-refractivity contribution in [2.45, 2.75) is 6.04 Å². The molecule has 0 fully saturated rings. The van der Waals surface area contributed by atoms with Gasteiger partial charge in [-0.2, -0.15) is 0 Å². The van der Waals surface area contributed by atoms with Crippen molar-refractivity contribution in [2.75, 3.05) is 11.9 Å². The minimum absolute atomic E-state index is 0.0674. The number of halogens is 1. The highest BCUT2D eigenvalue weighted by molar-refractivity contribution is 7.80. The van der Waals surface area contributed by atoms with Gasteiger partial charge in [0.25, 0.3) is 0 Å². The molecule has 0 radical (unpaired) electrons. The third kappa shape index (κ3) is 2.44. The van der Waals surface area contributed by atoms with Crippen molar-refractivity contribution in [3.63, 3.8) is 0 Å². The van der Waals surface area contributed by atoms with Gasteiger partial charge in [0, 0.05) is 21.8 Å². The summed E-state index contributed by atoms with van der Waals surface area (Å²) in [6.45, 7) is 0.572. The molecule has 3 N–H and O–H groups in total. The Morgan fingerprint density at radius 2 is 2.10 bits per heavy atom. The van der Waals surface area contributed by atoms with E-state index in [0.29, 0.717) is 16.6 Å². The average Bonchev–Trinajstić information content (AvgIpc) is 2.82. The van der Waals surface area contributed by atoms with Crippen LogP contribution in [0.4, 0.5) is 5.69 Å². The largest absolute Gasteiger partial charge is 0.491 e. The highest BCUT2D eigenvalue weighted by atomic mass is 35.5. The van der Waals surface area contributed by atoms with Gasteiger partial charge < -0.3 is 15.8 Å². The van der Waals surface area contributed by atoms with Gasteiger partial charge in [0.05, 0.1) is 6.04 Å². The molecular weight excluding hydrogens is 292 g/mol. The molecule has 0 aliphatic carbocycles. The van der Waals surface area contributed by atoms with Crippen molar-refractivity contribution in [3.8, 4) is 5.75 Å². The molecule has 1 aliphatic heterocycles. The minimum Gasteiger partial charge on any atom is -0.491 e. The summed E-state index contributed by atoms with van der Waals surface area (Å²) >= 11 is 11.1. The van der Waals surface area contributed by atoms with Gasteiger partial charge in [-0.1, -0.05) is 42.0 Å². The molecule has 5 heteroatoms. The maximum absolute atomic E-state index is 6.05. The fraction of sp³-hybridized carbons (Fsp3) is 0.133. The summed E-state index contributed by atoms with van der Waals surface area (Å²) in [7, 11) is 0. The third-order valence-electron chi connectivity index (χ3n) is 3.28. The molecule has 0 spiro atoms. The quantitative estimate of drug-likeness (QED) is 0.852. The van der Waals surface area contributed by atoms with Gasteiger partial charge in [-0.15, -0.1) is 0 Å². The van der Waals surface area contributed by atoms with E-state index >= 15 is 0 Å². The van der Waals surface area contributed by atoms with Crippen LogP contribution in [0.3, 0.4) is 0 Å². The van der Waals surface area contributed by atoms with Crippen LogP contribution in [0, 0.1) is 0 Å². The highest BCUT2D eigenvalue weighted by Crippen LogP contribution is 2.35. The standard InChI is InChI=1S/C15H13ClN2OS/c16-9-5-6-11(15(17)20)12(7-9)18-13-8-19-14-4-2-1-3-10(13)14/h1-7,13,18H,8H2,(H2,17,20). The van der Waals surface area contributed by atoms with Gasteiger partial charge in [-0.3, -0.25) is 0 Å². The minimum atomic E-state index is 0.0674. The van der Waals surface area contributed by atoms with Gasteiger partial charge in [0.1, 0.15) is 17.3 Å². The van der Waals surface area contributed by atoms with Crippen LogP contribution in [0.25, 0.3) is 0 Å². The van der Waals surface area contributed by atoms with E-state index in [-0.39, 0.29) is 6.04 Å². The lowest BCUT2D eigenvalue weighted by atomic mass is 10.1. The molecule has 1 aliphatic rings. The number of benzene rings is 2. The number of nitrogens with two attached hydrogens (primary N) is 1. The highest BCUT2D eigenvalue weighted by Gasteiger charge is 2.24. The second-order valence-electron chi connectivity index (χ2n) is 4.60. The smallest absolute Gasteiger partial charge is 0.124 e. The number of hydrogen-bond acceptors (Lipinski definition) is 3. The normalized spacial score (nSPS) is 16.4. The van der Waals surface area contributed by atoms with E-state index in [1.807, 2.05) is 36.4 Å². The lowest BCUT2D eigenvalue weighted by molar-refractivity contribution is 0.340. The zero-order chi connectivity index (χ0) is 14.1. The summed E-state index contributed by atoms with van der Waals surface area (Å²) < 4.78 is 5.65. The van der Waals surface area contributed by atoms with Crippen LogP contribution in [0.15, 0.2) is 42.5 Å². The number of rotatable bonds is 3. The Morgan fingerprint density at radius 1 is 1.30 bits per heavy atom. The molecule has 0 saturated heterocycles. The van der Waals surface area contributed by atoms with Crippen LogP contribution in [-0.4, -0.2) is 11.6 Å². The second kappa shape index (κ2) is 5.31. The first-order valence-corrected chi connectivity index (χ1v) is 7.01. The predicted octanol–water partition coefficient (Wildman–Crippen LogP) is 3.52. The number of para-hydroxylation sites is 1. The molecule has 102 valence electrons. The van der Waals surface area contributed by atoms with Gasteiger partial charge in [0.2, 0.25) is 0 Å². The maximum Gasteiger partial charge on any atom is 0.124 e. The van der Waals surface area contributed by atoms with Gasteiger partial charge in [-0.05, 0) is 24.3 Å². The molecule has 0 bridgehead atoms. The topological polar surface area (TPSA) is 47.3 Å². The first kappa shape index (κ1) is 13.2. The average molecular weight is 305 g/mol. The molecule has 0 amide bonds. The Balaban J connectivity index is 1.93. The van der Waals surface area contributed by atoms with E-state index in [1.165, 1.54) is 0 Å². The molecule has 0 aromatic heterocycles. The molecule has 3 rings (SSSR count). The van der Waals surface area contributed by atoms with Crippen molar-refractivity contribution in [1.82, 2.24) is 0 Å². The number of anilines is 1. The van der Waals surface area contributed by atoms with E-state index in [4.69, 9.17) is 34.3 Å². The Bertz CT molecular complexity index is 675. The SMILES string of the molecule is NC(=S)c1ccc(Cl)cc1NC1COc2ccccc21. The lowest BCUT2D eigenvalue weighted by Gasteiger charge is -2.16. The maximum atomic E-state index is 6.05. The molecule has 2 aromatic rings. The van der Waals surface area contributed by atoms with Crippen molar-refractivity contribution in [2.24, 2.45) is 5.73 Å². The number of fused-ring (bicyclic) bond motifs is 1. The van der Waals surface area contributed by atoms with Crippen molar-refractivity contribution in [3.05, 3.63) is 58.6 Å². The number of nitrogens with one attached hydrogen (secondary N) is 1. The number of hydrogen-bond donors (Lipinski definition) is 2. The van der Waals surface area contributed by atoms with Crippen molar-refractivity contribution < 1.29 is 4.74 Å². The van der Waals surface area contributed by atoms with Gasteiger partial charge >= 0.3 is 0 Å². The summed E-state index contributed by atoms with van der Waals surface area (Å²) in [6.07, 6.45) is 0. The van der Waals surface area contributed by atoms with Gasteiger partial charge in [0.15, 0.2) is 0 Å². The van der Waals surface area contributed by atoms with E-state index in [9.17, 15) is 0 Å². The Kier molecular flexibility index (Phi) is 3.51. The Labute approximate surface area is 127 Å². The van der Waals surface area contributed by atoms with E-state index in [0.717, 1.165) is 22.6 Å². The first-order chi connectivity index (χ1) is 9.65. The Hall–Kier alpha value is -1.78. The number of ether oxygens (including phenoxy) is 1. The third-order valence-corrected chi connectivity index (χ3v) is 3.73. The van der Waals surface area contributed by atoms with Crippen LogP contribution >= 0.6 is 23.8 Å². The van der Waals surface area contributed by atoms with E-state index < -0.39 is 0 Å². The second-order valence-corrected chi connectivity index (χ2v) is 5.48. The van der Waals surface area contributed by atoms with Crippen LogP contribution in [0.1, 0.15) is 17.2 Å². The monoisotopic (exact) mass is 304 g/mol. The van der Waals surface area contributed by atoms with Crippen molar-refractivity contribution in [1.29, 1.82) is 0 Å². The lowest BCUT2D eigenvalue weighted by Crippen LogP contribution is -2.17. The zero-order valence-corrected chi connectivity index (χ0v) is 12.2. The van der Waals surface area contributed by atoms with E-state index in [1.54, 1.807) is 6.07 Å². The molecule has 2 aromatic carbocycles. The first-order valence-electron chi connectivity index (χ1n) is 6.23. The summed E-state index contributed by atoms with van der Waals surface area (Å²) in [5.74, 6) is 0.906. The molecule has 1 heterocycles. The molecule has 3 nitrogen and oxygen atoms in total. The van der Waals surface area contributed by atoms with Gasteiger partial charge in [-0.25, -0.2) is 0 Å². The molecule has 1 atom stereocenters. The Morgan fingerprint density at radius 3 is 2.90 bits per heavy atom. The summed E-state index contributed by atoms with van der Waals surface area (Å²) in [6, 6.07) is 13.5. The van der Waals surface area contributed by atoms with Crippen LogP contribution in [0.5, 0.6) is 5.75 Å². The van der Waals surface area contributed by atoms with Crippen molar-refractivity contribution >= 4 is 34.5 Å². The summed E-state index contributed by atoms with van der Waals surface area (Å²) in [5.41, 5.74) is 8.49. The van der Waals surface area contributed by atoms with Crippen LogP contribution < -0.4 is 15.8 Å². The molecular formula is C15H13ClN2OS. The summed E-state index contributed by atoms with van der Waals surface area (Å²) in [4.78, 5) is 0.344. The van der Waals surface area contributed by atoms with Crippen LogP contribution in [0.2, 0.25) is 5.02 Å². The molecule has 1 unspecified atom stereocenters. The molecule has 20 heavy (non-hydrogen) atoms. The molecule has 0 saturated carbocycles. The summed E-state index contributed by atoms with van der Waals surface area (Å²) in [5, 5.41) is 4.05.